The van der Waals surface area contributed by atoms with E-state index in [1.54, 1.807) is 69.5 Å². The zero-order chi connectivity index (χ0) is 31.7. The number of hydrazone groups is 1. The maximum Gasteiger partial charge on any atom is 1.00 e. The summed E-state index contributed by atoms with van der Waals surface area (Å²) in [5.41, 5.74) is 12.1. The van der Waals surface area contributed by atoms with Crippen molar-refractivity contribution in [2.45, 2.75) is 9.79 Å². The van der Waals surface area contributed by atoms with Gasteiger partial charge < -0.3 is 20.6 Å². The van der Waals surface area contributed by atoms with Crippen LogP contribution in [0.1, 0.15) is 5.56 Å². The average molecular weight is 890 g/mol. The Morgan fingerprint density at radius 2 is 1.31 bits per heavy atom. The Hall–Kier alpha value is -1.57. The molecule has 1 aliphatic heterocycles. The molecule has 0 fully saturated rings. The minimum atomic E-state index is -4.66. The molecule has 4 rings (SSSR count). The number of rotatable bonds is 8. The summed E-state index contributed by atoms with van der Waals surface area (Å²) >= 11 is 3.59. The molecule has 224 valence electrons. The van der Waals surface area contributed by atoms with E-state index in [2.05, 4.69) is 10.2 Å². The van der Waals surface area contributed by atoms with Crippen LogP contribution in [0.4, 0.5) is 11.5 Å². The number of amides is 1. The van der Waals surface area contributed by atoms with Crippen molar-refractivity contribution in [2.75, 3.05) is 10.7 Å². The third-order valence-corrected chi connectivity index (χ3v) is 9.11. The Morgan fingerprint density at radius 3 is 1.84 bits per heavy atom. The largest absolute Gasteiger partial charge is 1.00 e. The molecule has 1 aromatic heterocycles. The summed E-state index contributed by atoms with van der Waals surface area (Å²) < 4.78 is 69.2. The average Bonchev–Trinajstić information content (AvgIpc) is 3.35. The Bertz CT molecular complexity index is 2090. The molecular weight excluding hydrogens is 872 g/mol. The zero-order valence-corrected chi connectivity index (χ0v) is 33.3. The van der Waals surface area contributed by atoms with Crippen LogP contribution >= 0.6 is 45.2 Å². The summed E-state index contributed by atoms with van der Waals surface area (Å²) in [7, 11) is -9.31. The van der Waals surface area contributed by atoms with Crippen LogP contribution in [0.3, 0.4) is 0 Å². The number of nitrogens with zero attached hydrogens (tertiary/aromatic N) is 3. The van der Waals surface area contributed by atoms with Crippen LogP contribution in [0.25, 0.3) is 11.8 Å². The molecule has 0 spiro atoms. The predicted molar refractivity (Wildman–Crippen MR) is 173 cm³/mol. The smallest absolute Gasteiger partial charge is 0.744 e. The minimum Gasteiger partial charge on any atom is -0.744 e. The summed E-state index contributed by atoms with van der Waals surface area (Å²) in [5, 5.41) is 7.74. The maximum atomic E-state index is 12.9. The normalized spacial score (nSPS) is 14.8. The summed E-state index contributed by atoms with van der Waals surface area (Å²) in [6.45, 7) is 0. The predicted octanol–water partition coefficient (Wildman–Crippen LogP) is -3.86. The van der Waals surface area contributed by atoms with Gasteiger partial charge in [-0.3, -0.25) is 14.7 Å². The van der Waals surface area contributed by atoms with E-state index in [0.29, 0.717) is 12.8 Å². The monoisotopic (exact) mass is 890 g/mol. The molecule has 14 nitrogen and oxygen atoms in total. The number of aromatic nitrogens is 2. The van der Waals surface area contributed by atoms with Gasteiger partial charge in [-0.15, -0.1) is 5.10 Å². The first-order chi connectivity index (χ1) is 20.1. The van der Waals surface area contributed by atoms with E-state index in [1.807, 2.05) is 0 Å². The van der Waals surface area contributed by atoms with E-state index in [1.165, 1.54) is 30.4 Å². The van der Waals surface area contributed by atoms with E-state index < -0.39 is 41.5 Å². The number of nitrogens with two attached hydrogens (primary N) is 2. The fourth-order valence-electron chi connectivity index (χ4n) is 3.68. The zero-order valence-electron chi connectivity index (χ0n) is 23.3. The van der Waals surface area contributed by atoms with Gasteiger partial charge in [-0.25, -0.2) is 21.5 Å². The maximum absolute atomic E-state index is 12.9. The Balaban J connectivity index is 0.00000353. The quantitative estimate of drug-likeness (QED) is 0.0655. The first-order valence-corrected chi connectivity index (χ1v) is 16.6. The molecule has 3 aromatic rings. The van der Waals surface area contributed by atoms with Gasteiger partial charge in [0.15, 0.2) is 5.84 Å². The molecule has 2 aromatic carbocycles. The van der Waals surface area contributed by atoms with Crippen LogP contribution in [0.2, 0.25) is 0 Å². The number of halogens is 2. The number of hydrogen-bond donors (Lipinski definition) is 3. The summed E-state index contributed by atoms with van der Waals surface area (Å²) in [4.78, 5) is 24.9. The number of amidine groups is 1. The Morgan fingerprint density at radius 1 is 0.800 bits per heavy atom. The second-order valence-electron chi connectivity index (χ2n) is 8.53. The Kier molecular flexibility index (Phi) is 14.1. The molecule has 0 bridgehead atoms. The van der Waals surface area contributed by atoms with Gasteiger partial charge in [0.25, 0.3) is 11.5 Å². The third kappa shape index (κ3) is 9.28. The van der Waals surface area contributed by atoms with Crippen LogP contribution in [0.15, 0.2) is 98.1 Å². The van der Waals surface area contributed by atoms with Crippen LogP contribution in [-0.4, -0.2) is 47.5 Å². The molecule has 0 saturated heterocycles. The standard InChI is InChI=1S/C25H20I2N6O8S2.2Na/c26-18-12-14(42(36,37)38)8-10-20(18)32-24(34)16(22(28)30-32)6-4-2-1-3-5-7-17-23(29)31-33(25(17)35)21-11-9-15(13-19(21)27)43(39,40)41;;/h1-13,30H,28H2,(H2,29,31)(H,36,37,38)(H,39,40,41);;/q;2*+1/p-2/b2-1+,5-3+,6-4+,17-7-;;/i26-2,27-2;;. The second-order valence-corrected chi connectivity index (χ2v) is 13.6. The number of H-pyrrole nitrogens is 1. The van der Waals surface area contributed by atoms with Crippen molar-refractivity contribution in [2.24, 2.45) is 10.8 Å². The van der Waals surface area contributed by atoms with Crippen LogP contribution in [0, 0.1) is 7.14 Å². The number of nitrogen functional groups attached to an aromatic ring is 1. The van der Waals surface area contributed by atoms with E-state index in [4.69, 9.17) is 11.5 Å². The van der Waals surface area contributed by atoms with Crippen molar-refractivity contribution in [1.82, 2.24) is 9.78 Å². The third-order valence-electron chi connectivity index (χ3n) is 5.72. The van der Waals surface area contributed by atoms with Crippen molar-refractivity contribution in [3.63, 3.8) is 0 Å². The van der Waals surface area contributed by atoms with Gasteiger partial charge in [-0.2, -0.15) is 5.01 Å². The van der Waals surface area contributed by atoms with Crippen LogP contribution < -0.4 is 81.2 Å². The van der Waals surface area contributed by atoms with Crippen molar-refractivity contribution >= 4 is 94.7 Å². The second kappa shape index (κ2) is 16.0. The molecule has 1 amide bonds. The number of carbonyl (C=O) groups excluding carboxylic acids is 1. The molecule has 0 saturated carbocycles. The molecule has 2 heterocycles. The van der Waals surface area contributed by atoms with Crippen molar-refractivity contribution in [1.29, 1.82) is 0 Å². The summed E-state index contributed by atoms with van der Waals surface area (Å²) in [5.74, 6) is -0.558. The van der Waals surface area contributed by atoms with Gasteiger partial charge in [-0.05, 0) is 93.7 Å². The van der Waals surface area contributed by atoms with Crippen molar-refractivity contribution in [3.05, 3.63) is 101 Å². The van der Waals surface area contributed by atoms with Gasteiger partial charge in [0.05, 0.1) is 32.3 Å². The molecule has 45 heavy (non-hydrogen) atoms. The first-order valence-electron chi connectivity index (χ1n) is 11.6. The van der Waals surface area contributed by atoms with E-state index >= 15 is 0 Å². The van der Waals surface area contributed by atoms with Gasteiger partial charge in [0.1, 0.15) is 26.1 Å². The fourth-order valence-corrected chi connectivity index (χ4v) is 6.60. The number of hydrogen-bond acceptors (Lipinski definition) is 11. The van der Waals surface area contributed by atoms with Crippen LogP contribution in [-0.2, 0) is 25.0 Å². The topological polar surface area (TPSA) is 237 Å². The number of benzene rings is 2. The minimum absolute atomic E-state index is 0. The van der Waals surface area contributed by atoms with Gasteiger partial charge >= 0.3 is 59.1 Å². The fraction of sp³-hybridized carbons (Fsp3) is 0. The number of aromatic amines is 1. The van der Waals surface area contributed by atoms with E-state index in [-0.39, 0.29) is 87.6 Å². The number of allylic oxidation sites excluding steroid dienone is 6. The molecule has 0 radical (unpaired) electrons. The van der Waals surface area contributed by atoms with Gasteiger partial charge in [0.2, 0.25) is 0 Å². The molecule has 1 aliphatic rings. The molecule has 0 aliphatic carbocycles. The van der Waals surface area contributed by atoms with Gasteiger partial charge in [-0.1, -0.05) is 30.4 Å². The number of nitrogens with one attached hydrogen (secondary N) is 1. The Labute approximate surface area is 328 Å². The molecular formula is C25H18I2N6Na2O8S2. The molecule has 0 atom stereocenters. The number of carbonyl (C=O) groups is 1. The first kappa shape index (κ1) is 39.6. The van der Waals surface area contributed by atoms with E-state index in [0.717, 1.165) is 34.0 Å². The molecule has 5 N–H and O–H groups in total. The van der Waals surface area contributed by atoms with E-state index in [9.17, 15) is 35.5 Å². The molecule has 20 heteroatoms. The van der Waals surface area contributed by atoms with Crippen molar-refractivity contribution in [3.8, 4) is 5.69 Å². The van der Waals surface area contributed by atoms with Crippen molar-refractivity contribution < 1.29 is 89.9 Å². The number of anilines is 2. The molecule has 0 unspecified atom stereocenters. The van der Waals surface area contributed by atoms with Gasteiger partial charge in [0, 0.05) is 7.14 Å². The van der Waals surface area contributed by atoms with Crippen LogP contribution in [0.5, 0.6) is 0 Å². The summed E-state index contributed by atoms with van der Waals surface area (Å²) in [6, 6.07) is 7.08. The SMILES string of the molecule is NC1=NN(c2ccc(S(=O)(=O)[O-])cc2[125I])C(=O)\C1=C/C=C/C=C/C=C/c1c(N)[nH]n(-c2ccc(S(=O)(=O)[O-])cc2[125I])c1=O.[Na+].[Na+]. The summed E-state index contributed by atoms with van der Waals surface area (Å²) in [6.07, 6.45) is 10.8.